The van der Waals surface area contributed by atoms with E-state index in [-0.39, 0.29) is 18.1 Å². The quantitative estimate of drug-likeness (QED) is 0.733. The zero-order valence-corrected chi connectivity index (χ0v) is 9.89. The van der Waals surface area contributed by atoms with Crippen LogP contribution in [0, 0.1) is 5.95 Å². The highest BCUT2D eigenvalue weighted by atomic mass is 19.1. The number of carbonyl (C=O) groups is 1. The molecular formula is C12H15FN2O2. The average molecular weight is 238 g/mol. The largest absolute Gasteiger partial charge is 0.376 e. The maximum atomic E-state index is 12.9. The maximum Gasteiger partial charge on any atom is 0.254 e. The van der Waals surface area contributed by atoms with Crippen molar-refractivity contribution in [2.45, 2.75) is 25.5 Å². The number of rotatable bonds is 2. The van der Waals surface area contributed by atoms with Crippen LogP contribution in [-0.2, 0) is 4.74 Å². The Morgan fingerprint density at radius 1 is 1.65 bits per heavy atom. The van der Waals surface area contributed by atoms with Gasteiger partial charge in [0.2, 0.25) is 5.95 Å². The molecule has 0 radical (unpaired) electrons. The van der Waals surface area contributed by atoms with E-state index in [0.29, 0.717) is 12.2 Å². The van der Waals surface area contributed by atoms with Crippen LogP contribution in [0.2, 0.25) is 0 Å². The molecule has 2 unspecified atom stereocenters. The molecule has 1 amide bonds. The number of aromatic nitrogens is 1. The highest BCUT2D eigenvalue weighted by Crippen LogP contribution is 2.20. The van der Waals surface area contributed by atoms with Gasteiger partial charge in [-0.25, -0.2) is 4.98 Å². The minimum atomic E-state index is -0.639. The second-order valence-electron chi connectivity index (χ2n) is 4.22. The van der Waals surface area contributed by atoms with Gasteiger partial charge in [0.15, 0.2) is 0 Å². The van der Waals surface area contributed by atoms with E-state index in [1.165, 1.54) is 12.3 Å². The molecule has 0 N–H and O–H groups in total. The smallest absolute Gasteiger partial charge is 0.254 e. The number of amides is 1. The van der Waals surface area contributed by atoms with Crippen LogP contribution in [0.5, 0.6) is 0 Å². The monoisotopic (exact) mass is 238 g/mol. The first-order chi connectivity index (χ1) is 8.09. The van der Waals surface area contributed by atoms with E-state index in [1.807, 2.05) is 6.92 Å². The third kappa shape index (κ3) is 2.44. The molecule has 1 saturated heterocycles. The van der Waals surface area contributed by atoms with Crippen molar-refractivity contribution in [3.05, 3.63) is 29.8 Å². The molecule has 92 valence electrons. The van der Waals surface area contributed by atoms with Crippen LogP contribution in [0.3, 0.4) is 0 Å². The summed E-state index contributed by atoms with van der Waals surface area (Å²) >= 11 is 0. The fourth-order valence-electron chi connectivity index (χ4n) is 2.12. The van der Waals surface area contributed by atoms with Crippen molar-refractivity contribution < 1.29 is 13.9 Å². The Labute approximate surface area is 99.4 Å². The summed E-state index contributed by atoms with van der Waals surface area (Å²) in [6.45, 7) is 2.60. The van der Waals surface area contributed by atoms with Gasteiger partial charge in [-0.1, -0.05) is 0 Å². The summed E-state index contributed by atoms with van der Waals surface area (Å²) in [6.07, 6.45) is 2.14. The molecule has 1 aromatic rings. The molecule has 0 aliphatic carbocycles. The summed E-state index contributed by atoms with van der Waals surface area (Å²) in [7, 11) is 1.72. The van der Waals surface area contributed by atoms with Crippen LogP contribution in [0.1, 0.15) is 23.7 Å². The Morgan fingerprint density at radius 2 is 2.41 bits per heavy atom. The number of hydrogen-bond donors (Lipinski definition) is 0. The maximum absolute atomic E-state index is 12.9. The predicted molar refractivity (Wildman–Crippen MR) is 60.1 cm³/mol. The molecule has 1 aliphatic rings. The minimum absolute atomic E-state index is 0.0237. The van der Waals surface area contributed by atoms with Crippen molar-refractivity contribution in [3.63, 3.8) is 0 Å². The molecule has 0 bridgehead atoms. The van der Waals surface area contributed by atoms with Crippen LogP contribution in [0.25, 0.3) is 0 Å². The van der Waals surface area contributed by atoms with Crippen molar-refractivity contribution in [2.75, 3.05) is 13.7 Å². The standard InChI is InChI=1S/C12H15FN2O2/c1-8-10(4-6-17-8)15(2)12(16)9-3-5-14-11(13)7-9/h3,5,7-8,10H,4,6H2,1-2H3. The van der Waals surface area contributed by atoms with Gasteiger partial charge in [-0.05, 0) is 19.4 Å². The Balaban J connectivity index is 2.14. The second kappa shape index (κ2) is 4.79. The number of halogens is 1. The highest BCUT2D eigenvalue weighted by molar-refractivity contribution is 5.94. The Kier molecular flexibility index (Phi) is 3.38. The van der Waals surface area contributed by atoms with Crippen LogP contribution < -0.4 is 0 Å². The van der Waals surface area contributed by atoms with E-state index in [2.05, 4.69) is 4.98 Å². The summed E-state index contributed by atoms with van der Waals surface area (Å²) < 4.78 is 18.4. The first kappa shape index (κ1) is 12.0. The summed E-state index contributed by atoms with van der Waals surface area (Å²) in [5.41, 5.74) is 0.319. The van der Waals surface area contributed by atoms with Crippen LogP contribution in [0.4, 0.5) is 4.39 Å². The van der Waals surface area contributed by atoms with Crippen molar-refractivity contribution in [2.24, 2.45) is 0 Å². The third-order valence-electron chi connectivity index (χ3n) is 3.13. The average Bonchev–Trinajstić information content (AvgIpc) is 2.73. The van der Waals surface area contributed by atoms with Gasteiger partial charge < -0.3 is 9.64 Å². The van der Waals surface area contributed by atoms with Crippen LogP contribution in [-0.4, -0.2) is 41.6 Å². The van der Waals surface area contributed by atoms with Gasteiger partial charge in [-0.2, -0.15) is 4.39 Å². The van der Waals surface area contributed by atoms with E-state index >= 15 is 0 Å². The molecule has 0 spiro atoms. The number of carbonyl (C=O) groups excluding carboxylic acids is 1. The summed E-state index contributed by atoms with van der Waals surface area (Å²) in [6, 6.07) is 2.72. The Morgan fingerprint density at radius 3 is 3.00 bits per heavy atom. The number of nitrogens with zero attached hydrogens (tertiary/aromatic N) is 2. The lowest BCUT2D eigenvalue weighted by Gasteiger charge is -2.26. The molecule has 5 heteroatoms. The van der Waals surface area contributed by atoms with E-state index in [4.69, 9.17) is 4.74 Å². The van der Waals surface area contributed by atoms with Gasteiger partial charge in [0.05, 0.1) is 12.1 Å². The SMILES string of the molecule is CC1OCCC1N(C)C(=O)c1ccnc(F)c1. The van der Waals surface area contributed by atoms with Crippen LogP contribution >= 0.6 is 0 Å². The fourth-order valence-corrected chi connectivity index (χ4v) is 2.12. The molecule has 0 aromatic carbocycles. The lowest BCUT2D eigenvalue weighted by Crippen LogP contribution is -2.41. The zero-order chi connectivity index (χ0) is 12.4. The molecule has 1 aromatic heterocycles. The topological polar surface area (TPSA) is 42.4 Å². The van der Waals surface area contributed by atoms with Crippen molar-refractivity contribution >= 4 is 5.91 Å². The highest BCUT2D eigenvalue weighted by Gasteiger charge is 2.31. The van der Waals surface area contributed by atoms with E-state index in [1.54, 1.807) is 11.9 Å². The molecule has 1 fully saturated rings. The van der Waals surface area contributed by atoms with Gasteiger partial charge in [-0.15, -0.1) is 0 Å². The molecular weight excluding hydrogens is 223 g/mol. The van der Waals surface area contributed by atoms with Gasteiger partial charge >= 0.3 is 0 Å². The number of ether oxygens (including phenoxy) is 1. The van der Waals surface area contributed by atoms with Gasteiger partial charge in [0, 0.05) is 31.5 Å². The van der Waals surface area contributed by atoms with Gasteiger partial charge in [-0.3, -0.25) is 4.79 Å². The van der Waals surface area contributed by atoms with Crippen molar-refractivity contribution in [1.29, 1.82) is 0 Å². The van der Waals surface area contributed by atoms with E-state index < -0.39 is 5.95 Å². The molecule has 17 heavy (non-hydrogen) atoms. The van der Waals surface area contributed by atoms with Crippen molar-refractivity contribution in [1.82, 2.24) is 9.88 Å². The number of hydrogen-bond acceptors (Lipinski definition) is 3. The Hall–Kier alpha value is -1.49. The first-order valence-corrected chi connectivity index (χ1v) is 5.60. The number of likely N-dealkylation sites (N-methyl/N-ethyl adjacent to an activating group) is 1. The molecule has 2 rings (SSSR count). The van der Waals surface area contributed by atoms with E-state index in [0.717, 1.165) is 12.5 Å². The fraction of sp³-hybridized carbons (Fsp3) is 0.500. The second-order valence-corrected chi connectivity index (χ2v) is 4.22. The Bertz CT molecular complexity index is 425. The zero-order valence-electron chi connectivity index (χ0n) is 9.89. The normalized spacial score (nSPS) is 23.7. The molecule has 1 aliphatic heterocycles. The van der Waals surface area contributed by atoms with Gasteiger partial charge in [0.25, 0.3) is 5.91 Å². The van der Waals surface area contributed by atoms with Crippen LogP contribution in [0.15, 0.2) is 18.3 Å². The summed E-state index contributed by atoms with van der Waals surface area (Å²) in [4.78, 5) is 17.2. The predicted octanol–water partition coefficient (Wildman–Crippen LogP) is 1.47. The van der Waals surface area contributed by atoms with Gasteiger partial charge in [0.1, 0.15) is 0 Å². The third-order valence-corrected chi connectivity index (χ3v) is 3.13. The van der Waals surface area contributed by atoms with Crippen molar-refractivity contribution in [3.8, 4) is 0 Å². The summed E-state index contributed by atoms with van der Waals surface area (Å²) in [5, 5.41) is 0. The molecule has 4 nitrogen and oxygen atoms in total. The number of pyridine rings is 1. The lowest BCUT2D eigenvalue weighted by molar-refractivity contribution is 0.0574. The first-order valence-electron chi connectivity index (χ1n) is 5.60. The molecule has 0 saturated carbocycles. The molecule has 2 heterocycles. The lowest BCUT2D eigenvalue weighted by atomic mass is 10.1. The molecule has 2 atom stereocenters. The summed E-state index contributed by atoms with van der Waals surface area (Å²) in [5.74, 6) is -0.839. The minimum Gasteiger partial charge on any atom is -0.376 e. The van der Waals surface area contributed by atoms with E-state index in [9.17, 15) is 9.18 Å².